The fraction of sp³-hybridized carbons (Fsp3) is 0.375. The molecule has 0 aliphatic heterocycles. The molecule has 20 heavy (non-hydrogen) atoms. The quantitative estimate of drug-likeness (QED) is 0.797. The average Bonchev–Trinajstić information content (AvgIpc) is 2.46. The van der Waals surface area contributed by atoms with E-state index in [9.17, 15) is 4.79 Å². The second kappa shape index (κ2) is 6.23. The molecule has 1 amide bonds. The summed E-state index contributed by atoms with van der Waals surface area (Å²) in [5, 5.41) is 2.19. The van der Waals surface area contributed by atoms with Crippen molar-refractivity contribution in [3.05, 3.63) is 41.2 Å². The van der Waals surface area contributed by atoms with Crippen molar-refractivity contribution in [2.75, 3.05) is 13.6 Å². The SMILES string of the molecule is CCC(C)CN(C)C(=O)c1cc2ccccc2c(Cl)n1. The molecule has 0 radical (unpaired) electrons. The van der Waals surface area contributed by atoms with Crippen molar-refractivity contribution in [3.63, 3.8) is 0 Å². The summed E-state index contributed by atoms with van der Waals surface area (Å²) in [5.41, 5.74) is 0.402. The van der Waals surface area contributed by atoms with Gasteiger partial charge in [-0.3, -0.25) is 4.79 Å². The highest BCUT2D eigenvalue weighted by atomic mass is 35.5. The van der Waals surface area contributed by atoms with Gasteiger partial charge in [0.05, 0.1) is 0 Å². The van der Waals surface area contributed by atoms with Gasteiger partial charge in [-0.15, -0.1) is 0 Å². The second-order valence-corrected chi connectivity index (χ2v) is 5.58. The van der Waals surface area contributed by atoms with Crippen molar-refractivity contribution < 1.29 is 4.79 Å². The molecule has 1 atom stereocenters. The van der Waals surface area contributed by atoms with Crippen molar-refractivity contribution in [2.45, 2.75) is 20.3 Å². The highest BCUT2D eigenvalue weighted by molar-refractivity contribution is 6.34. The summed E-state index contributed by atoms with van der Waals surface area (Å²) in [6, 6.07) is 9.48. The number of carbonyl (C=O) groups is 1. The molecule has 1 aromatic carbocycles. The van der Waals surface area contributed by atoms with Gasteiger partial charge in [0.2, 0.25) is 0 Å². The van der Waals surface area contributed by atoms with Crippen LogP contribution in [0.5, 0.6) is 0 Å². The van der Waals surface area contributed by atoms with Gasteiger partial charge in [0.1, 0.15) is 10.8 Å². The summed E-state index contributed by atoms with van der Waals surface area (Å²) < 4.78 is 0. The molecule has 4 heteroatoms. The summed E-state index contributed by atoms with van der Waals surface area (Å²) >= 11 is 6.16. The van der Waals surface area contributed by atoms with Gasteiger partial charge in [-0.2, -0.15) is 0 Å². The highest BCUT2D eigenvalue weighted by Gasteiger charge is 2.16. The number of benzene rings is 1. The van der Waals surface area contributed by atoms with Crippen LogP contribution in [0.1, 0.15) is 30.8 Å². The Labute approximate surface area is 124 Å². The van der Waals surface area contributed by atoms with Gasteiger partial charge >= 0.3 is 0 Å². The van der Waals surface area contributed by atoms with Crippen LogP contribution in [-0.2, 0) is 0 Å². The number of pyridine rings is 1. The molecular weight excluding hydrogens is 272 g/mol. The lowest BCUT2D eigenvalue weighted by Crippen LogP contribution is -2.31. The number of nitrogens with zero attached hydrogens (tertiary/aromatic N) is 2. The Hall–Kier alpha value is -1.61. The lowest BCUT2D eigenvalue weighted by atomic mass is 10.1. The van der Waals surface area contributed by atoms with E-state index < -0.39 is 0 Å². The van der Waals surface area contributed by atoms with Crippen LogP contribution in [0.2, 0.25) is 5.15 Å². The van der Waals surface area contributed by atoms with Crippen LogP contribution in [0.25, 0.3) is 10.8 Å². The number of amides is 1. The van der Waals surface area contributed by atoms with E-state index in [0.29, 0.717) is 16.8 Å². The molecule has 0 bridgehead atoms. The number of hydrogen-bond acceptors (Lipinski definition) is 2. The van der Waals surface area contributed by atoms with E-state index in [0.717, 1.165) is 23.7 Å². The van der Waals surface area contributed by atoms with E-state index in [1.54, 1.807) is 18.0 Å². The number of halogens is 1. The molecule has 3 nitrogen and oxygen atoms in total. The minimum Gasteiger partial charge on any atom is -0.340 e. The number of fused-ring (bicyclic) bond motifs is 1. The first kappa shape index (κ1) is 14.8. The molecule has 1 aromatic heterocycles. The molecule has 0 saturated carbocycles. The van der Waals surface area contributed by atoms with Crippen LogP contribution in [-0.4, -0.2) is 29.4 Å². The molecule has 0 N–H and O–H groups in total. The number of aromatic nitrogens is 1. The third-order valence-electron chi connectivity index (χ3n) is 3.54. The van der Waals surface area contributed by atoms with Crippen molar-refractivity contribution in [1.29, 1.82) is 0 Å². The smallest absolute Gasteiger partial charge is 0.272 e. The first-order chi connectivity index (χ1) is 9.52. The largest absolute Gasteiger partial charge is 0.340 e. The summed E-state index contributed by atoms with van der Waals surface area (Å²) in [6.45, 7) is 4.97. The third kappa shape index (κ3) is 3.10. The van der Waals surface area contributed by atoms with Crippen LogP contribution in [0.15, 0.2) is 30.3 Å². The predicted molar refractivity (Wildman–Crippen MR) is 83.2 cm³/mol. The van der Waals surface area contributed by atoms with Crippen LogP contribution < -0.4 is 0 Å². The Kier molecular flexibility index (Phi) is 4.61. The Morgan fingerprint density at radius 2 is 2.10 bits per heavy atom. The molecular formula is C16H19ClN2O. The Balaban J connectivity index is 2.30. The first-order valence-corrected chi connectivity index (χ1v) is 7.21. The van der Waals surface area contributed by atoms with E-state index in [-0.39, 0.29) is 5.91 Å². The summed E-state index contributed by atoms with van der Waals surface area (Å²) in [5.74, 6) is 0.387. The van der Waals surface area contributed by atoms with Gasteiger partial charge < -0.3 is 4.90 Å². The molecule has 1 unspecified atom stereocenters. The zero-order chi connectivity index (χ0) is 14.7. The third-order valence-corrected chi connectivity index (χ3v) is 3.83. The normalized spacial score (nSPS) is 12.4. The fourth-order valence-corrected chi connectivity index (χ4v) is 2.40. The number of carbonyl (C=O) groups excluding carboxylic acids is 1. The summed E-state index contributed by atoms with van der Waals surface area (Å²) in [4.78, 5) is 18.3. The average molecular weight is 291 g/mol. The maximum atomic E-state index is 12.4. The standard InChI is InChI=1S/C16H19ClN2O/c1-4-11(2)10-19(3)16(20)14-9-12-7-5-6-8-13(12)15(17)18-14/h5-9,11H,4,10H2,1-3H3. The van der Waals surface area contributed by atoms with Crippen LogP contribution >= 0.6 is 11.6 Å². The molecule has 1 heterocycles. The summed E-state index contributed by atoms with van der Waals surface area (Å²) in [6.07, 6.45) is 1.05. The van der Waals surface area contributed by atoms with Crippen molar-refractivity contribution in [3.8, 4) is 0 Å². The first-order valence-electron chi connectivity index (χ1n) is 6.83. The summed E-state index contributed by atoms with van der Waals surface area (Å²) in [7, 11) is 1.80. The van der Waals surface area contributed by atoms with E-state index in [1.807, 2.05) is 24.3 Å². The molecule has 2 aromatic rings. The second-order valence-electron chi connectivity index (χ2n) is 5.22. The molecule has 2 rings (SSSR count). The van der Waals surface area contributed by atoms with Crippen molar-refractivity contribution in [2.24, 2.45) is 5.92 Å². The Morgan fingerprint density at radius 1 is 1.40 bits per heavy atom. The maximum Gasteiger partial charge on any atom is 0.272 e. The van der Waals surface area contributed by atoms with Crippen molar-refractivity contribution >= 4 is 28.3 Å². The zero-order valence-corrected chi connectivity index (χ0v) is 12.8. The molecule has 106 valence electrons. The molecule has 0 aliphatic carbocycles. The lowest BCUT2D eigenvalue weighted by molar-refractivity contribution is 0.0769. The molecule has 0 saturated heterocycles. The Bertz CT molecular complexity index is 627. The zero-order valence-electron chi connectivity index (χ0n) is 12.1. The fourth-order valence-electron chi connectivity index (χ4n) is 2.14. The minimum atomic E-state index is -0.0852. The van der Waals surface area contributed by atoms with Crippen molar-refractivity contribution in [1.82, 2.24) is 9.88 Å². The number of rotatable bonds is 4. The molecule has 0 aliphatic rings. The van der Waals surface area contributed by atoms with Crippen LogP contribution in [0, 0.1) is 5.92 Å². The molecule has 0 spiro atoms. The monoisotopic (exact) mass is 290 g/mol. The lowest BCUT2D eigenvalue weighted by Gasteiger charge is -2.20. The van der Waals surface area contributed by atoms with Gasteiger partial charge in [-0.05, 0) is 17.4 Å². The van der Waals surface area contributed by atoms with Gasteiger partial charge in [-0.1, -0.05) is 56.1 Å². The van der Waals surface area contributed by atoms with E-state index in [4.69, 9.17) is 11.6 Å². The van der Waals surface area contributed by atoms with Gasteiger partial charge in [0.25, 0.3) is 5.91 Å². The van der Waals surface area contributed by atoms with Gasteiger partial charge in [-0.25, -0.2) is 4.98 Å². The predicted octanol–water partition coefficient (Wildman–Crippen LogP) is 4.01. The van der Waals surface area contributed by atoms with Crippen LogP contribution in [0.3, 0.4) is 0 Å². The minimum absolute atomic E-state index is 0.0852. The van der Waals surface area contributed by atoms with E-state index >= 15 is 0 Å². The number of hydrogen-bond donors (Lipinski definition) is 0. The van der Waals surface area contributed by atoms with E-state index in [2.05, 4.69) is 18.8 Å². The van der Waals surface area contributed by atoms with Gasteiger partial charge in [0, 0.05) is 19.0 Å². The topological polar surface area (TPSA) is 33.2 Å². The molecule has 0 fully saturated rings. The maximum absolute atomic E-state index is 12.4. The van der Waals surface area contributed by atoms with Gasteiger partial charge in [0.15, 0.2) is 0 Å². The van der Waals surface area contributed by atoms with Crippen LogP contribution in [0.4, 0.5) is 0 Å². The Morgan fingerprint density at radius 3 is 2.80 bits per heavy atom. The highest BCUT2D eigenvalue weighted by Crippen LogP contribution is 2.22. The van der Waals surface area contributed by atoms with E-state index in [1.165, 1.54) is 0 Å².